The number of carboxylic acid groups (broad SMARTS) is 1. The molecule has 0 aromatic carbocycles. The van der Waals surface area contributed by atoms with Crippen molar-refractivity contribution in [3.05, 3.63) is 34.2 Å². The molecule has 1 amide bonds. The summed E-state index contributed by atoms with van der Waals surface area (Å²) < 4.78 is 1.29. The minimum Gasteiger partial charge on any atom is -0.481 e. The molecule has 0 saturated carbocycles. The van der Waals surface area contributed by atoms with Crippen molar-refractivity contribution in [2.75, 3.05) is 6.54 Å². The Hall–Kier alpha value is -2.11. The van der Waals surface area contributed by atoms with E-state index in [1.165, 1.54) is 36.7 Å². The smallest absolute Gasteiger partial charge is 0.310 e. The summed E-state index contributed by atoms with van der Waals surface area (Å²) in [4.78, 5) is 33.8. The summed E-state index contributed by atoms with van der Waals surface area (Å²) in [5.41, 5.74) is -0.924. The average Bonchev–Trinajstić information content (AvgIpc) is 2.29. The van der Waals surface area contributed by atoms with Crippen molar-refractivity contribution in [1.29, 1.82) is 0 Å². The Morgan fingerprint density at radius 3 is 2.50 bits per heavy atom. The highest BCUT2D eigenvalue weighted by Crippen LogP contribution is 2.13. The first-order valence-electron chi connectivity index (χ1n) is 5.42. The lowest BCUT2D eigenvalue weighted by molar-refractivity contribution is -0.146. The van der Waals surface area contributed by atoms with Crippen molar-refractivity contribution < 1.29 is 14.7 Å². The zero-order valence-electron chi connectivity index (χ0n) is 10.6. The van der Waals surface area contributed by atoms with Crippen LogP contribution >= 0.6 is 0 Å². The maximum Gasteiger partial charge on any atom is 0.310 e. The minimum atomic E-state index is -1.03. The lowest BCUT2D eigenvalue weighted by Crippen LogP contribution is -2.39. The highest BCUT2D eigenvalue weighted by atomic mass is 16.4. The minimum absolute atomic E-state index is 0.0179. The van der Waals surface area contributed by atoms with Crippen LogP contribution in [-0.4, -0.2) is 28.1 Å². The standard InChI is InChI=1S/C12H16N2O4/c1-12(2,11(17)18)7-13-10(16)8-4-5-9(15)14(3)6-8/h4-6H,7H2,1-3H3,(H,13,16)(H,17,18). The fourth-order valence-electron chi connectivity index (χ4n) is 1.21. The van der Waals surface area contributed by atoms with Crippen LogP contribution in [0.15, 0.2) is 23.1 Å². The van der Waals surface area contributed by atoms with Gasteiger partial charge in [-0.3, -0.25) is 14.4 Å². The molecule has 1 heterocycles. The number of nitrogens with one attached hydrogen (secondary N) is 1. The van der Waals surface area contributed by atoms with E-state index in [0.717, 1.165) is 0 Å². The number of hydrogen-bond donors (Lipinski definition) is 2. The van der Waals surface area contributed by atoms with E-state index in [9.17, 15) is 14.4 Å². The summed E-state index contributed by atoms with van der Waals surface area (Å²) in [7, 11) is 1.54. The molecule has 0 aliphatic heterocycles. The van der Waals surface area contributed by atoms with Gasteiger partial charge >= 0.3 is 5.97 Å². The number of nitrogens with zero attached hydrogens (tertiary/aromatic N) is 1. The molecule has 0 spiro atoms. The van der Waals surface area contributed by atoms with Crippen molar-refractivity contribution in [3.8, 4) is 0 Å². The highest BCUT2D eigenvalue weighted by Gasteiger charge is 2.27. The fourth-order valence-corrected chi connectivity index (χ4v) is 1.21. The van der Waals surface area contributed by atoms with E-state index < -0.39 is 17.3 Å². The monoisotopic (exact) mass is 252 g/mol. The molecular weight excluding hydrogens is 236 g/mol. The van der Waals surface area contributed by atoms with Crippen molar-refractivity contribution >= 4 is 11.9 Å². The third-order valence-corrected chi connectivity index (χ3v) is 2.62. The first kappa shape index (κ1) is 14.0. The molecule has 6 heteroatoms. The molecule has 0 radical (unpaired) electrons. The van der Waals surface area contributed by atoms with E-state index >= 15 is 0 Å². The van der Waals surface area contributed by atoms with E-state index in [1.807, 2.05) is 0 Å². The molecule has 1 rings (SSSR count). The number of aromatic nitrogens is 1. The summed E-state index contributed by atoms with van der Waals surface area (Å²) in [6.07, 6.45) is 1.41. The highest BCUT2D eigenvalue weighted by molar-refractivity contribution is 5.94. The number of carbonyl (C=O) groups is 2. The quantitative estimate of drug-likeness (QED) is 0.802. The van der Waals surface area contributed by atoms with Gasteiger partial charge in [-0.2, -0.15) is 0 Å². The third kappa shape index (κ3) is 3.19. The van der Waals surface area contributed by atoms with Crippen molar-refractivity contribution in [3.63, 3.8) is 0 Å². The second-order valence-corrected chi connectivity index (χ2v) is 4.74. The lowest BCUT2D eigenvalue weighted by atomic mass is 9.94. The van der Waals surface area contributed by atoms with Crippen molar-refractivity contribution in [2.24, 2.45) is 12.5 Å². The summed E-state index contributed by atoms with van der Waals surface area (Å²) in [6.45, 7) is 3.07. The Morgan fingerprint density at radius 1 is 1.39 bits per heavy atom. The van der Waals surface area contributed by atoms with Crippen LogP contribution in [0.3, 0.4) is 0 Å². The SMILES string of the molecule is Cn1cc(C(=O)NCC(C)(C)C(=O)O)ccc1=O. The van der Waals surface area contributed by atoms with E-state index in [1.54, 1.807) is 7.05 Å². The lowest BCUT2D eigenvalue weighted by Gasteiger charge is -2.19. The van der Waals surface area contributed by atoms with Crippen LogP contribution in [0.2, 0.25) is 0 Å². The number of aryl methyl sites for hydroxylation is 1. The van der Waals surface area contributed by atoms with E-state index in [4.69, 9.17) is 5.11 Å². The van der Waals surface area contributed by atoms with E-state index in [0.29, 0.717) is 5.56 Å². The number of amides is 1. The van der Waals surface area contributed by atoms with Gasteiger partial charge in [-0.05, 0) is 19.9 Å². The molecule has 18 heavy (non-hydrogen) atoms. The van der Waals surface area contributed by atoms with Gasteiger partial charge in [-0.15, -0.1) is 0 Å². The molecule has 6 nitrogen and oxygen atoms in total. The van der Waals surface area contributed by atoms with Crippen LogP contribution in [0.4, 0.5) is 0 Å². The van der Waals surface area contributed by atoms with E-state index in [2.05, 4.69) is 5.32 Å². The Bertz CT molecular complexity index is 531. The second kappa shape index (κ2) is 5.03. The van der Waals surface area contributed by atoms with Gasteiger partial charge in [0.05, 0.1) is 11.0 Å². The molecule has 0 aliphatic rings. The Kier molecular flexibility index (Phi) is 3.90. The Labute approximate surface area is 104 Å². The van der Waals surface area contributed by atoms with Crippen LogP contribution in [0.5, 0.6) is 0 Å². The maximum absolute atomic E-state index is 11.8. The molecule has 0 bridgehead atoms. The van der Waals surface area contributed by atoms with Crippen molar-refractivity contribution in [1.82, 2.24) is 9.88 Å². The van der Waals surface area contributed by atoms with E-state index in [-0.39, 0.29) is 12.1 Å². The normalized spacial score (nSPS) is 11.1. The van der Waals surface area contributed by atoms with Crippen LogP contribution < -0.4 is 10.9 Å². The molecule has 0 aliphatic carbocycles. The molecule has 0 unspecified atom stereocenters. The number of carbonyl (C=O) groups excluding carboxylic acids is 1. The van der Waals surface area contributed by atoms with Crippen LogP contribution in [-0.2, 0) is 11.8 Å². The van der Waals surface area contributed by atoms with Gasteiger partial charge in [0, 0.05) is 25.9 Å². The molecule has 2 N–H and O–H groups in total. The number of rotatable bonds is 4. The Balaban J connectivity index is 2.75. The molecule has 1 aromatic rings. The van der Waals surface area contributed by atoms with Gasteiger partial charge in [0.2, 0.25) is 5.56 Å². The Morgan fingerprint density at radius 2 is 2.00 bits per heavy atom. The first-order chi connectivity index (χ1) is 8.24. The van der Waals surface area contributed by atoms with Crippen LogP contribution in [0.25, 0.3) is 0 Å². The molecule has 1 aromatic heterocycles. The van der Waals surface area contributed by atoms with Gasteiger partial charge in [0.1, 0.15) is 0 Å². The van der Waals surface area contributed by atoms with Crippen molar-refractivity contribution in [2.45, 2.75) is 13.8 Å². The molecule has 98 valence electrons. The molecule has 0 saturated heterocycles. The topological polar surface area (TPSA) is 88.4 Å². The fraction of sp³-hybridized carbons (Fsp3) is 0.417. The summed E-state index contributed by atoms with van der Waals surface area (Å²) in [5, 5.41) is 11.4. The summed E-state index contributed by atoms with van der Waals surface area (Å²) in [6, 6.07) is 2.70. The summed E-state index contributed by atoms with van der Waals surface area (Å²) in [5.74, 6) is -1.39. The van der Waals surface area contributed by atoms with Gasteiger partial charge in [-0.1, -0.05) is 0 Å². The van der Waals surface area contributed by atoms with Gasteiger partial charge in [0.25, 0.3) is 5.91 Å². The zero-order valence-corrected chi connectivity index (χ0v) is 10.6. The molecular formula is C12H16N2O4. The van der Waals surface area contributed by atoms with Crippen LogP contribution in [0.1, 0.15) is 24.2 Å². The second-order valence-electron chi connectivity index (χ2n) is 4.74. The largest absolute Gasteiger partial charge is 0.481 e. The number of aliphatic carboxylic acids is 1. The number of hydrogen-bond acceptors (Lipinski definition) is 3. The van der Waals surface area contributed by atoms with Gasteiger partial charge < -0.3 is 15.0 Å². The first-order valence-corrected chi connectivity index (χ1v) is 5.42. The number of pyridine rings is 1. The predicted molar refractivity (Wildman–Crippen MR) is 65.4 cm³/mol. The maximum atomic E-state index is 11.8. The third-order valence-electron chi connectivity index (χ3n) is 2.62. The van der Waals surface area contributed by atoms with Gasteiger partial charge in [-0.25, -0.2) is 0 Å². The zero-order chi connectivity index (χ0) is 13.9. The number of carboxylic acids is 1. The molecule has 0 atom stereocenters. The van der Waals surface area contributed by atoms with Crippen LogP contribution in [0, 0.1) is 5.41 Å². The van der Waals surface area contributed by atoms with Gasteiger partial charge in [0.15, 0.2) is 0 Å². The average molecular weight is 252 g/mol. The summed E-state index contributed by atoms with van der Waals surface area (Å²) >= 11 is 0. The predicted octanol–water partition coefficient (Wildman–Crippen LogP) is 0.226. The molecule has 0 fully saturated rings.